The van der Waals surface area contributed by atoms with Crippen LogP contribution in [0.4, 0.5) is 0 Å². The number of aryl methyl sites for hydroxylation is 1. The molecule has 0 aromatic carbocycles. The van der Waals surface area contributed by atoms with Gasteiger partial charge in [-0.05, 0) is 44.6 Å². The van der Waals surface area contributed by atoms with Gasteiger partial charge < -0.3 is 4.57 Å². The van der Waals surface area contributed by atoms with Gasteiger partial charge in [0.2, 0.25) is 0 Å². The van der Waals surface area contributed by atoms with Crippen LogP contribution >= 0.6 is 0 Å². The van der Waals surface area contributed by atoms with Crippen molar-refractivity contribution in [3.05, 3.63) is 35.9 Å². The summed E-state index contributed by atoms with van der Waals surface area (Å²) in [6, 6.07) is 2.66. The quantitative estimate of drug-likeness (QED) is 0.717. The molecule has 3 nitrogen and oxygen atoms in total. The largest absolute Gasteiger partial charge is 0.325 e. The lowest BCUT2D eigenvalue weighted by molar-refractivity contribution is 0.503. The van der Waals surface area contributed by atoms with Crippen LogP contribution in [0.3, 0.4) is 0 Å². The first-order valence-corrected chi connectivity index (χ1v) is 7.81. The van der Waals surface area contributed by atoms with Gasteiger partial charge in [0, 0.05) is 11.6 Å². The van der Waals surface area contributed by atoms with Gasteiger partial charge in [0.1, 0.15) is 12.0 Å². The maximum absolute atomic E-state index is 4.46. The number of fused-ring (bicyclic) bond motifs is 2. The van der Waals surface area contributed by atoms with E-state index in [1.807, 2.05) is 13.8 Å². The summed E-state index contributed by atoms with van der Waals surface area (Å²) >= 11 is 0. The Morgan fingerprint density at radius 1 is 1.25 bits per heavy atom. The third-order valence-corrected chi connectivity index (χ3v) is 4.54. The average molecular weight is 269 g/mol. The molecule has 0 saturated heterocycles. The fourth-order valence-electron chi connectivity index (χ4n) is 3.60. The monoisotopic (exact) mass is 269 g/mol. The van der Waals surface area contributed by atoms with Crippen molar-refractivity contribution in [2.24, 2.45) is 5.92 Å². The van der Waals surface area contributed by atoms with Gasteiger partial charge in [-0.15, -0.1) is 0 Å². The lowest BCUT2D eigenvalue weighted by Crippen LogP contribution is -2.05. The molecule has 2 unspecified atom stereocenters. The lowest BCUT2D eigenvalue weighted by atomic mass is 10.0. The molecule has 3 heteroatoms. The van der Waals surface area contributed by atoms with Crippen LogP contribution in [0.1, 0.15) is 51.3 Å². The van der Waals surface area contributed by atoms with Crippen LogP contribution in [-0.4, -0.2) is 14.5 Å². The highest BCUT2D eigenvalue weighted by Crippen LogP contribution is 2.44. The summed E-state index contributed by atoms with van der Waals surface area (Å²) in [5.74, 6) is 0.843. The Morgan fingerprint density at radius 3 is 2.90 bits per heavy atom. The van der Waals surface area contributed by atoms with Crippen molar-refractivity contribution in [3.63, 3.8) is 0 Å². The van der Waals surface area contributed by atoms with Crippen molar-refractivity contribution in [2.75, 3.05) is 0 Å². The highest BCUT2D eigenvalue weighted by atomic mass is 15.1. The summed E-state index contributed by atoms with van der Waals surface area (Å²) in [5, 5.41) is 1.19. The van der Waals surface area contributed by atoms with Crippen molar-refractivity contribution >= 4 is 11.0 Å². The maximum Gasteiger partial charge on any atom is 0.144 e. The first-order chi connectivity index (χ1) is 9.83. The number of nitrogens with zero attached hydrogens (tertiary/aromatic N) is 3. The lowest BCUT2D eigenvalue weighted by Gasteiger charge is -2.13. The van der Waals surface area contributed by atoms with Gasteiger partial charge in [-0.25, -0.2) is 9.97 Å². The first kappa shape index (κ1) is 13.3. The van der Waals surface area contributed by atoms with Crippen molar-refractivity contribution < 1.29 is 0 Å². The van der Waals surface area contributed by atoms with Crippen LogP contribution < -0.4 is 0 Å². The summed E-state index contributed by atoms with van der Waals surface area (Å²) < 4.78 is 2.33. The zero-order chi connectivity index (χ0) is 14.1. The zero-order valence-corrected chi connectivity index (χ0v) is 12.6. The smallest absolute Gasteiger partial charge is 0.144 e. The van der Waals surface area contributed by atoms with Gasteiger partial charge in [0.15, 0.2) is 0 Å². The molecule has 0 bridgehead atoms. The third kappa shape index (κ3) is 2.05. The summed E-state index contributed by atoms with van der Waals surface area (Å²) in [5.41, 5.74) is 3.85. The van der Waals surface area contributed by atoms with Gasteiger partial charge in [-0.2, -0.15) is 0 Å². The Labute approximate surface area is 120 Å². The molecule has 1 fully saturated rings. The average Bonchev–Trinajstić information content (AvgIpc) is 3.13. The molecule has 1 saturated carbocycles. The highest BCUT2D eigenvalue weighted by molar-refractivity contribution is 5.78. The molecule has 2 atom stereocenters. The predicted octanol–water partition coefficient (Wildman–Crippen LogP) is 4.44. The molecule has 0 spiro atoms. The Bertz CT molecular complexity index is 639. The summed E-state index contributed by atoms with van der Waals surface area (Å²) in [4.78, 5) is 8.73. The fraction of sp³-hybridized carbons (Fsp3) is 0.529. The Kier molecular flexibility index (Phi) is 3.60. The number of aromatic nitrogens is 3. The third-order valence-electron chi connectivity index (χ3n) is 4.54. The second-order valence-electron chi connectivity index (χ2n) is 5.55. The van der Waals surface area contributed by atoms with E-state index >= 15 is 0 Å². The first-order valence-electron chi connectivity index (χ1n) is 7.81. The Morgan fingerprint density at radius 2 is 2.10 bits per heavy atom. The van der Waals surface area contributed by atoms with E-state index in [0.717, 1.165) is 17.3 Å². The number of hydrogen-bond acceptors (Lipinski definition) is 2. The molecule has 106 valence electrons. The number of allylic oxidation sites excluding steroid dienone is 2. The standard InChI is InChI=1S/C15H17N3.C2H6/c1-10-14-5-6-18(15(14)17-9-16-10)13-7-11-3-2-4-12(11)8-13;1-2/h5-7,9,12-13H,2-4,8H2,1H3;1-2H3. The SMILES string of the molecule is CC.Cc1ncnc2c1ccn2C1C=C2CCCC2C1. The summed E-state index contributed by atoms with van der Waals surface area (Å²) in [7, 11) is 0. The van der Waals surface area contributed by atoms with E-state index in [1.165, 1.54) is 31.1 Å². The van der Waals surface area contributed by atoms with E-state index in [-0.39, 0.29) is 0 Å². The van der Waals surface area contributed by atoms with Crippen LogP contribution in [0.25, 0.3) is 11.0 Å². The molecular weight excluding hydrogens is 246 g/mol. The van der Waals surface area contributed by atoms with Gasteiger partial charge in [0.05, 0.1) is 11.7 Å². The minimum Gasteiger partial charge on any atom is -0.325 e. The molecular formula is C17H23N3. The second-order valence-corrected chi connectivity index (χ2v) is 5.55. The molecule has 2 aliphatic carbocycles. The van der Waals surface area contributed by atoms with E-state index < -0.39 is 0 Å². The van der Waals surface area contributed by atoms with Gasteiger partial charge in [-0.3, -0.25) is 0 Å². The summed E-state index contributed by atoms with van der Waals surface area (Å²) in [6.07, 6.45) is 11.7. The molecule has 2 heterocycles. The minimum absolute atomic E-state index is 0.511. The van der Waals surface area contributed by atoms with Crippen molar-refractivity contribution in [3.8, 4) is 0 Å². The summed E-state index contributed by atoms with van der Waals surface area (Å²) in [6.45, 7) is 6.05. The van der Waals surface area contributed by atoms with Crippen LogP contribution in [0.15, 0.2) is 30.2 Å². The highest BCUT2D eigenvalue weighted by Gasteiger charge is 2.31. The minimum atomic E-state index is 0.511. The molecule has 2 aliphatic rings. The van der Waals surface area contributed by atoms with E-state index in [1.54, 1.807) is 11.9 Å². The zero-order valence-electron chi connectivity index (χ0n) is 12.6. The topological polar surface area (TPSA) is 30.7 Å². The molecule has 0 radical (unpaired) electrons. The van der Waals surface area contributed by atoms with Crippen molar-refractivity contribution in [1.29, 1.82) is 0 Å². The van der Waals surface area contributed by atoms with E-state index in [9.17, 15) is 0 Å². The van der Waals surface area contributed by atoms with Crippen LogP contribution in [-0.2, 0) is 0 Å². The van der Waals surface area contributed by atoms with Crippen LogP contribution in [0.5, 0.6) is 0 Å². The van der Waals surface area contributed by atoms with Gasteiger partial charge in [0.25, 0.3) is 0 Å². The van der Waals surface area contributed by atoms with Gasteiger partial charge in [-0.1, -0.05) is 25.5 Å². The molecule has 0 N–H and O–H groups in total. The predicted molar refractivity (Wildman–Crippen MR) is 82.7 cm³/mol. The van der Waals surface area contributed by atoms with E-state index in [4.69, 9.17) is 0 Å². The number of hydrogen-bond donors (Lipinski definition) is 0. The van der Waals surface area contributed by atoms with E-state index in [2.05, 4.69) is 39.8 Å². The molecule has 4 rings (SSSR count). The van der Waals surface area contributed by atoms with Gasteiger partial charge >= 0.3 is 0 Å². The van der Waals surface area contributed by atoms with Crippen molar-refractivity contribution in [2.45, 2.75) is 52.5 Å². The molecule has 0 amide bonds. The normalized spacial score (nSPS) is 24.2. The molecule has 2 aromatic heterocycles. The van der Waals surface area contributed by atoms with Crippen LogP contribution in [0, 0.1) is 12.8 Å². The molecule has 0 aliphatic heterocycles. The van der Waals surface area contributed by atoms with Crippen molar-refractivity contribution in [1.82, 2.24) is 14.5 Å². The number of rotatable bonds is 1. The molecule has 20 heavy (non-hydrogen) atoms. The van der Waals surface area contributed by atoms with Crippen LogP contribution in [0.2, 0.25) is 0 Å². The maximum atomic E-state index is 4.46. The Hall–Kier alpha value is -1.64. The second kappa shape index (κ2) is 5.39. The van der Waals surface area contributed by atoms with E-state index in [0.29, 0.717) is 6.04 Å². The molecule has 2 aromatic rings. The fourth-order valence-corrected chi connectivity index (χ4v) is 3.60. The Balaban J connectivity index is 0.000000581.